The molecule has 2 aliphatic heterocycles. The maximum atomic E-state index is 13.0. The fourth-order valence-electron chi connectivity index (χ4n) is 3.64. The van der Waals surface area contributed by atoms with Crippen LogP contribution in [0, 0.1) is 0 Å². The van der Waals surface area contributed by atoms with Crippen molar-refractivity contribution in [2.45, 2.75) is 44.8 Å². The summed E-state index contributed by atoms with van der Waals surface area (Å²) < 4.78 is 5.25. The molecular formula is C19H26N2O3. The van der Waals surface area contributed by atoms with Crippen molar-refractivity contribution < 1.29 is 14.3 Å². The van der Waals surface area contributed by atoms with Gasteiger partial charge in [0.25, 0.3) is 0 Å². The molecule has 0 radical (unpaired) electrons. The van der Waals surface area contributed by atoms with Crippen molar-refractivity contribution >= 4 is 11.9 Å². The highest BCUT2D eigenvalue weighted by Crippen LogP contribution is 2.27. The molecule has 1 amide bonds. The zero-order valence-electron chi connectivity index (χ0n) is 14.7. The number of esters is 1. The molecule has 5 heteroatoms. The summed E-state index contributed by atoms with van der Waals surface area (Å²) in [5.74, 6) is 0.0302. The van der Waals surface area contributed by atoms with Gasteiger partial charge in [-0.2, -0.15) is 0 Å². The Labute approximate surface area is 143 Å². The van der Waals surface area contributed by atoms with Crippen molar-refractivity contribution in [1.29, 1.82) is 0 Å². The van der Waals surface area contributed by atoms with Gasteiger partial charge in [-0.05, 0) is 26.3 Å². The second-order valence-corrected chi connectivity index (χ2v) is 7.32. The first kappa shape index (κ1) is 17.0. The van der Waals surface area contributed by atoms with Gasteiger partial charge in [-0.1, -0.05) is 30.3 Å². The standard InChI is InChI=1S/C19H26N2O3/c1-14-13-16(17(22)24-14)20-9-11-21(12-10-20)18(23)19(2,3)15-7-5-4-6-8-15/h4-8,14,16H,9-13H2,1-3H3/t14-,16-/m0/s1. The summed E-state index contributed by atoms with van der Waals surface area (Å²) in [5.41, 5.74) is 0.496. The largest absolute Gasteiger partial charge is 0.461 e. The van der Waals surface area contributed by atoms with E-state index >= 15 is 0 Å². The van der Waals surface area contributed by atoms with Crippen LogP contribution in [0.4, 0.5) is 0 Å². The Morgan fingerprint density at radius 3 is 2.29 bits per heavy atom. The second kappa shape index (κ2) is 6.55. The van der Waals surface area contributed by atoms with Crippen LogP contribution in [0.15, 0.2) is 30.3 Å². The molecule has 0 unspecified atom stereocenters. The minimum absolute atomic E-state index is 0.000763. The molecular weight excluding hydrogens is 304 g/mol. The molecule has 2 saturated heterocycles. The first-order valence-corrected chi connectivity index (χ1v) is 8.69. The van der Waals surface area contributed by atoms with Gasteiger partial charge in [0.2, 0.25) is 5.91 Å². The molecule has 0 N–H and O–H groups in total. The molecule has 1 aromatic rings. The van der Waals surface area contributed by atoms with Crippen molar-refractivity contribution in [1.82, 2.24) is 9.80 Å². The Morgan fingerprint density at radius 2 is 1.75 bits per heavy atom. The minimum atomic E-state index is -0.537. The molecule has 2 heterocycles. The quantitative estimate of drug-likeness (QED) is 0.793. The third kappa shape index (κ3) is 3.18. The molecule has 1 aromatic carbocycles. The van der Waals surface area contributed by atoms with Crippen LogP contribution in [-0.2, 0) is 19.7 Å². The van der Waals surface area contributed by atoms with Crippen molar-refractivity contribution in [2.75, 3.05) is 26.2 Å². The number of carbonyl (C=O) groups excluding carboxylic acids is 2. The number of ether oxygens (including phenoxy) is 1. The molecule has 0 saturated carbocycles. The predicted octanol–water partition coefficient (Wildman–Crippen LogP) is 1.81. The summed E-state index contributed by atoms with van der Waals surface area (Å²) in [6.45, 7) is 8.66. The minimum Gasteiger partial charge on any atom is -0.461 e. The van der Waals surface area contributed by atoms with Crippen molar-refractivity contribution in [2.24, 2.45) is 0 Å². The van der Waals surface area contributed by atoms with E-state index in [0.717, 1.165) is 25.1 Å². The summed E-state index contributed by atoms with van der Waals surface area (Å²) in [6.07, 6.45) is 0.752. The highest BCUT2D eigenvalue weighted by molar-refractivity contribution is 5.87. The van der Waals surface area contributed by atoms with Crippen molar-refractivity contribution in [3.05, 3.63) is 35.9 Å². The number of amides is 1. The Hall–Kier alpha value is -1.88. The lowest BCUT2D eigenvalue weighted by Crippen LogP contribution is -2.56. The van der Waals surface area contributed by atoms with E-state index in [9.17, 15) is 9.59 Å². The molecule has 5 nitrogen and oxygen atoms in total. The van der Waals surface area contributed by atoms with Gasteiger partial charge in [0, 0.05) is 32.6 Å². The summed E-state index contributed by atoms with van der Waals surface area (Å²) in [4.78, 5) is 29.0. The van der Waals surface area contributed by atoms with E-state index in [4.69, 9.17) is 4.74 Å². The van der Waals surface area contributed by atoms with Gasteiger partial charge in [-0.15, -0.1) is 0 Å². The van der Waals surface area contributed by atoms with Gasteiger partial charge in [0.1, 0.15) is 12.1 Å². The van der Waals surface area contributed by atoms with E-state index < -0.39 is 5.41 Å². The zero-order valence-corrected chi connectivity index (χ0v) is 14.7. The van der Waals surface area contributed by atoms with Crippen LogP contribution in [0.1, 0.15) is 32.8 Å². The maximum absolute atomic E-state index is 13.0. The fourth-order valence-corrected chi connectivity index (χ4v) is 3.64. The number of carbonyl (C=O) groups is 2. The van der Waals surface area contributed by atoms with Gasteiger partial charge >= 0.3 is 5.97 Å². The maximum Gasteiger partial charge on any atom is 0.323 e. The normalized spacial score (nSPS) is 25.6. The summed E-state index contributed by atoms with van der Waals surface area (Å²) in [6, 6.07) is 9.77. The lowest BCUT2D eigenvalue weighted by molar-refractivity contribution is -0.146. The highest BCUT2D eigenvalue weighted by atomic mass is 16.6. The molecule has 3 rings (SSSR count). The third-order valence-corrected chi connectivity index (χ3v) is 5.22. The number of cyclic esters (lactones) is 1. The molecule has 0 aliphatic carbocycles. The van der Waals surface area contributed by atoms with Crippen LogP contribution >= 0.6 is 0 Å². The Bertz CT molecular complexity index is 606. The number of piperazine rings is 1. The topological polar surface area (TPSA) is 49.9 Å². The van der Waals surface area contributed by atoms with Crippen LogP contribution in [0.25, 0.3) is 0 Å². The second-order valence-electron chi connectivity index (χ2n) is 7.32. The molecule has 2 aliphatic rings. The Kier molecular flexibility index (Phi) is 4.63. The first-order valence-electron chi connectivity index (χ1n) is 8.69. The van der Waals surface area contributed by atoms with Crippen molar-refractivity contribution in [3.63, 3.8) is 0 Å². The van der Waals surface area contributed by atoms with Crippen LogP contribution in [0.3, 0.4) is 0 Å². The van der Waals surface area contributed by atoms with E-state index in [0.29, 0.717) is 13.1 Å². The molecule has 2 atom stereocenters. The first-order chi connectivity index (χ1) is 11.4. The van der Waals surface area contributed by atoms with E-state index in [1.54, 1.807) is 0 Å². The van der Waals surface area contributed by atoms with Crippen molar-refractivity contribution in [3.8, 4) is 0 Å². The Morgan fingerprint density at radius 1 is 1.12 bits per heavy atom. The van der Waals surface area contributed by atoms with Gasteiger partial charge < -0.3 is 9.64 Å². The third-order valence-electron chi connectivity index (χ3n) is 5.22. The molecule has 24 heavy (non-hydrogen) atoms. The molecule has 2 fully saturated rings. The molecule has 0 bridgehead atoms. The average Bonchev–Trinajstić information content (AvgIpc) is 2.93. The number of benzene rings is 1. The van der Waals surface area contributed by atoms with Crippen LogP contribution in [0.5, 0.6) is 0 Å². The number of rotatable bonds is 3. The van der Waals surface area contributed by atoms with Crippen LogP contribution in [-0.4, -0.2) is 60.0 Å². The number of hydrogen-bond donors (Lipinski definition) is 0. The molecule has 0 aromatic heterocycles. The number of hydrogen-bond acceptors (Lipinski definition) is 4. The summed E-state index contributed by atoms with van der Waals surface area (Å²) in [5, 5.41) is 0. The van der Waals surface area contributed by atoms with E-state index in [-0.39, 0.29) is 24.0 Å². The highest BCUT2D eigenvalue weighted by Gasteiger charge is 2.40. The molecule has 130 valence electrons. The van der Waals surface area contributed by atoms with Crippen LogP contribution < -0.4 is 0 Å². The van der Waals surface area contributed by atoms with E-state index in [1.807, 2.05) is 56.0 Å². The Balaban J connectivity index is 1.62. The number of nitrogens with zero attached hydrogens (tertiary/aromatic N) is 2. The summed E-state index contributed by atoms with van der Waals surface area (Å²) >= 11 is 0. The predicted molar refractivity (Wildman–Crippen MR) is 91.6 cm³/mol. The van der Waals surface area contributed by atoms with Gasteiger partial charge in [-0.3, -0.25) is 14.5 Å². The smallest absolute Gasteiger partial charge is 0.323 e. The monoisotopic (exact) mass is 330 g/mol. The fraction of sp³-hybridized carbons (Fsp3) is 0.579. The lowest BCUT2D eigenvalue weighted by atomic mass is 9.83. The zero-order chi connectivity index (χ0) is 17.3. The SMILES string of the molecule is C[C@H]1C[C@H](N2CCN(C(=O)C(C)(C)c3ccccc3)CC2)C(=O)O1. The van der Waals surface area contributed by atoms with E-state index in [1.165, 1.54) is 0 Å². The molecule has 0 spiro atoms. The summed E-state index contributed by atoms with van der Waals surface area (Å²) in [7, 11) is 0. The average molecular weight is 330 g/mol. The van der Waals surface area contributed by atoms with Gasteiger partial charge in [0.05, 0.1) is 5.41 Å². The lowest BCUT2D eigenvalue weighted by Gasteiger charge is -2.40. The van der Waals surface area contributed by atoms with Gasteiger partial charge in [-0.25, -0.2) is 0 Å². The van der Waals surface area contributed by atoms with Crippen LogP contribution in [0.2, 0.25) is 0 Å². The van der Waals surface area contributed by atoms with E-state index in [2.05, 4.69) is 4.90 Å². The van der Waals surface area contributed by atoms with Gasteiger partial charge in [0.15, 0.2) is 0 Å².